The van der Waals surface area contributed by atoms with Crippen LogP contribution in [0.5, 0.6) is 5.75 Å². The summed E-state index contributed by atoms with van der Waals surface area (Å²) in [6, 6.07) is 4.93. The Kier molecular flexibility index (Phi) is 6.10. The summed E-state index contributed by atoms with van der Waals surface area (Å²) in [6.45, 7) is 1.41. The maximum atomic E-state index is 12.6. The number of benzene rings is 1. The molecule has 0 saturated carbocycles. The highest BCUT2D eigenvalue weighted by Gasteiger charge is 2.31. The highest BCUT2D eigenvalue weighted by molar-refractivity contribution is 5.85. The molecule has 2 rings (SSSR count). The summed E-state index contributed by atoms with van der Waals surface area (Å²) in [5.41, 5.74) is -0.701. The molecule has 2 unspecified atom stereocenters. The van der Waals surface area contributed by atoms with Gasteiger partial charge in [-0.15, -0.1) is 12.4 Å². The largest absolute Gasteiger partial charge is 0.488 e. The molecular formula is C13H17ClF3NO2. The highest BCUT2D eigenvalue weighted by Crippen LogP contribution is 2.31. The maximum Gasteiger partial charge on any atom is 0.416 e. The van der Waals surface area contributed by atoms with Crippen molar-refractivity contribution >= 4 is 12.4 Å². The van der Waals surface area contributed by atoms with Crippen LogP contribution in [0, 0.1) is 0 Å². The Morgan fingerprint density at radius 1 is 1.25 bits per heavy atom. The van der Waals surface area contributed by atoms with Gasteiger partial charge in [-0.05, 0) is 31.2 Å². The second kappa shape index (κ2) is 7.15. The van der Waals surface area contributed by atoms with Crippen LogP contribution < -0.4 is 10.1 Å². The molecule has 1 fully saturated rings. The van der Waals surface area contributed by atoms with Crippen LogP contribution in [-0.2, 0) is 10.9 Å². The molecule has 0 spiro atoms. The van der Waals surface area contributed by atoms with E-state index >= 15 is 0 Å². The molecule has 2 atom stereocenters. The number of rotatable bonds is 3. The van der Waals surface area contributed by atoms with Gasteiger partial charge in [-0.2, -0.15) is 13.2 Å². The molecule has 1 aromatic rings. The number of nitrogens with one attached hydrogen (secondary N) is 1. The molecular weight excluding hydrogens is 295 g/mol. The molecule has 1 saturated heterocycles. The molecule has 1 aliphatic rings. The third kappa shape index (κ3) is 4.26. The van der Waals surface area contributed by atoms with Crippen molar-refractivity contribution in [3.8, 4) is 5.75 Å². The van der Waals surface area contributed by atoms with Crippen molar-refractivity contribution in [2.24, 2.45) is 0 Å². The third-order valence-electron chi connectivity index (χ3n) is 3.12. The van der Waals surface area contributed by atoms with Gasteiger partial charge in [0, 0.05) is 13.7 Å². The van der Waals surface area contributed by atoms with E-state index in [0.29, 0.717) is 13.0 Å². The molecule has 1 aliphatic heterocycles. The number of methoxy groups -OCH3 is 1. The van der Waals surface area contributed by atoms with Crippen molar-refractivity contribution in [3.63, 3.8) is 0 Å². The summed E-state index contributed by atoms with van der Waals surface area (Å²) < 4.78 is 48.7. The van der Waals surface area contributed by atoms with Gasteiger partial charge in [0.25, 0.3) is 0 Å². The molecule has 1 N–H and O–H groups in total. The van der Waals surface area contributed by atoms with E-state index in [9.17, 15) is 13.2 Å². The van der Waals surface area contributed by atoms with Gasteiger partial charge in [-0.3, -0.25) is 0 Å². The quantitative estimate of drug-likeness (QED) is 0.931. The Bertz CT molecular complexity index is 428. The molecule has 0 radical (unpaired) electrons. The Labute approximate surface area is 121 Å². The fourth-order valence-corrected chi connectivity index (χ4v) is 2.10. The number of alkyl halides is 3. The van der Waals surface area contributed by atoms with E-state index in [-0.39, 0.29) is 30.4 Å². The number of ether oxygens (including phenoxy) is 2. The standard InChI is InChI=1S/C13H16F3NO2.ClH/c1-18-12-8-17-6-5-11(12)19-10-4-2-3-9(7-10)13(14,15)16;/h2-4,7,11-12,17H,5-6,8H2,1H3;1H. The maximum absolute atomic E-state index is 12.6. The van der Waals surface area contributed by atoms with E-state index in [4.69, 9.17) is 9.47 Å². The lowest BCUT2D eigenvalue weighted by Gasteiger charge is -2.31. The highest BCUT2D eigenvalue weighted by atomic mass is 35.5. The van der Waals surface area contributed by atoms with Crippen LogP contribution in [0.4, 0.5) is 13.2 Å². The fraction of sp³-hybridized carbons (Fsp3) is 0.538. The molecule has 20 heavy (non-hydrogen) atoms. The average molecular weight is 312 g/mol. The topological polar surface area (TPSA) is 30.5 Å². The van der Waals surface area contributed by atoms with Crippen molar-refractivity contribution in [1.82, 2.24) is 5.32 Å². The Morgan fingerprint density at radius 2 is 2.00 bits per heavy atom. The number of hydrogen-bond donors (Lipinski definition) is 1. The van der Waals surface area contributed by atoms with Gasteiger partial charge in [0.2, 0.25) is 0 Å². The van der Waals surface area contributed by atoms with Crippen molar-refractivity contribution in [2.45, 2.75) is 24.8 Å². The van der Waals surface area contributed by atoms with Crippen LogP contribution in [0.3, 0.4) is 0 Å². The van der Waals surface area contributed by atoms with Crippen LogP contribution >= 0.6 is 12.4 Å². The Hall–Kier alpha value is -0.980. The molecule has 0 amide bonds. The minimum Gasteiger partial charge on any atom is -0.488 e. The summed E-state index contributed by atoms with van der Waals surface area (Å²) in [5, 5.41) is 3.15. The number of piperidine rings is 1. The van der Waals surface area contributed by atoms with Crippen LogP contribution in [0.1, 0.15) is 12.0 Å². The summed E-state index contributed by atoms with van der Waals surface area (Å²) in [7, 11) is 1.57. The average Bonchev–Trinajstić information content (AvgIpc) is 2.39. The molecule has 1 aromatic carbocycles. The number of halogens is 4. The van der Waals surface area contributed by atoms with E-state index < -0.39 is 11.7 Å². The molecule has 114 valence electrons. The van der Waals surface area contributed by atoms with Crippen LogP contribution in [-0.4, -0.2) is 32.4 Å². The smallest absolute Gasteiger partial charge is 0.416 e. The first kappa shape index (κ1) is 17.1. The van der Waals surface area contributed by atoms with Crippen molar-refractivity contribution in [3.05, 3.63) is 29.8 Å². The van der Waals surface area contributed by atoms with Crippen LogP contribution in [0.2, 0.25) is 0 Å². The minimum absolute atomic E-state index is 0. The lowest BCUT2D eigenvalue weighted by molar-refractivity contribution is -0.137. The van der Waals surface area contributed by atoms with E-state index in [2.05, 4.69) is 5.32 Å². The number of hydrogen-bond acceptors (Lipinski definition) is 3. The van der Waals surface area contributed by atoms with Crippen molar-refractivity contribution < 1.29 is 22.6 Å². The van der Waals surface area contributed by atoms with Gasteiger partial charge in [0.15, 0.2) is 0 Å². The zero-order valence-electron chi connectivity index (χ0n) is 10.9. The van der Waals surface area contributed by atoms with Gasteiger partial charge < -0.3 is 14.8 Å². The molecule has 1 heterocycles. The fourth-order valence-electron chi connectivity index (χ4n) is 2.10. The first-order chi connectivity index (χ1) is 9.00. The minimum atomic E-state index is -4.35. The van der Waals surface area contributed by atoms with Gasteiger partial charge in [-0.1, -0.05) is 6.07 Å². The third-order valence-corrected chi connectivity index (χ3v) is 3.12. The van der Waals surface area contributed by atoms with E-state index in [1.54, 1.807) is 7.11 Å². The van der Waals surface area contributed by atoms with Crippen LogP contribution in [0.15, 0.2) is 24.3 Å². The summed E-state index contributed by atoms with van der Waals surface area (Å²) in [4.78, 5) is 0. The van der Waals surface area contributed by atoms with Crippen LogP contribution in [0.25, 0.3) is 0 Å². The lowest BCUT2D eigenvalue weighted by atomic mass is 10.1. The SMILES string of the molecule is COC1CNCCC1Oc1cccc(C(F)(F)F)c1.Cl. The second-order valence-corrected chi connectivity index (χ2v) is 4.45. The summed E-state index contributed by atoms with van der Waals surface area (Å²) >= 11 is 0. The Morgan fingerprint density at radius 3 is 2.65 bits per heavy atom. The zero-order chi connectivity index (χ0) is 13.9. The van der Waals surface area contributed by atoms with E-state index in [0.717, 1.165) is 18.7 Å². The van der Waals surface area contributed by atoms with E-state index in [1.807, 2.05) is 0 Å². The second-order valence-electron chi connectivity index (χ2n) is 4.45. The monoisotopic (exact) mass is 311 g/mol. The van der Waals surface area contributed by atoms with Crippen molar-refractivity contribution in [2.75, 3.05) is 20.2 Å². The molecule has 0 bridgehead atoms. The van der Waals surface area contributed by atoms with E-state index in [1.165, 1.54) is 12.1 Å². The lowest BCUT2D eigenvalue weighted by Crippen LogP contribution is -2.47. The zero-order valence-corrected chi connectivity index (χ0v) is 11.8. The molecule has 3 nitrogen and oxygen atoms in total. The van der Waals surface area contributed by atoms with Gasteiger partial charge >= 0.3 is 6.18 Å². The summed E-state index contributed by atoms with van der Waals surface area (Å²) in [5.74, 6) is 0.226. The predicted octanol–water partition coefficient (Wildman–Crippen LogP) is 2.88. The van der Waals surface area contributed by atoms with Crippen molar-refractivity contribution in [1.29, 1.82) is 0 Å². The van der Waals surface area contributed by atoms with Gasteiger partial charge in [-0.25, -0.2) is 0 Å². The predicted molar refractivity (Wildman–Crippen MR) is 71.4 cm³/mol. The first-order valence-corrected chi connectivity index (χ1v) is 6.08. The normalized spacial score (nSPS) is 23.0. The Balaban J connectivity index is 0.00000200. The molecule has 0 aromatic heterocycles. The van der Waals surface area contributed by atoms with Gasteiger partial charge in [0.05, 0.1) is 5.56 Å². The van der Waals surface area contributed by atoms with Gasteiger partial charge in [0.1, 0.15) is 18.0 Å². The first-order valence-electron chi connectivity index (χ1n) is 6.08. The summed E-state index contributed by atoms with van der Waals surface area (Å²) in [6.07, 6.45) is -4.03. The molecule has 0 aliphatic carbocycles. The molecule has 7 heteroatoms.